The Morgan fingerprint density at radius 2 is 2.00 bits per heavy atom. The first kappa shape index (κ1) is 17.4. The lowest BCUT2D eigenvalue weighted by molar-refractivity contribution is 0.0177. The zero-order valence-electron chi connectivity index (χ0n) is 13.8. The Hall–Kier alpha value is -1.47. The van der Waals surface area contributed by atoms with Crippen molar-refractivity contribution in [2.75, 3.05) is 38.2 Å². The highest BCUT2D eigenvalue weighted by molar-refractivity contribution is 7.80. The molecule has 6 heteroatoms. The lowest BCUT2D eigenvalue weighted by atomic mass is 10.2. The molecule has 3 rings (SSSR count). The average Bonchev–Trinajstić information content (AvgIpc) is 3.12. The molecule has 2 heterocycles. The molecular weight excluding hydrogens is 338 g/mol. The number of hydrogen-bond acceptors (Lipinski definition) is 4. The second-order valence-corrected chi connectivity index (χ2v) is 7.27. The van der Waals surface area contributed by atoms with E-state index in [1.165, 1.54) is 10.4 Å². The van der Waals surface area contributed by atoms with Crippen LogP contribution in [0.1, 0.15) is 16.5 Å². The maximum absolute atomic E-state index is 5.48. The summed E-state index contributed by atoms with van der Waals surface area (Å²) in [7, 11) is 0. The normalized spacial score (nSPS) is 16.5. The molecule has 1 aliphatic rings. The van der Waals surface area contributed by atoms with Gasteiger partial charge in [-0.2, -0.15) is 0 Å². The second kappa shape index (κ2) is 8.58. The molecule has 0 saturated carbocycles. The molecule has 24 heavy (non-hydrogen) atoms. The number of hydrogen-bond donors (Lipinski definition) is 2. The summed E-state index contributed by atoms with van der Waals surface area (Å²) in [5, 5.41) is 9.42. The Morgan fingerprint density at radius 1 is 1.25 bits per heavy atom. The third-order valence-electron chi connectivity index (χ3n) is 4.12. The van der Waals surface area contributed by atoms with Crippen LogP contribution in [-0.4, -0.2) is 42.9 Å². The molecule has 1 fully saturated rings. The Kier molecular flexibility index (Phi) is 6.20. The molecule has 1 aliphatic heterocycles. The summed E-state index contributed by atoms with van der Waals surface area (Å²) in [4.78, 5) is 3.83. The van der Waals surface area contributed by atoms with E-state index in [2.05, 4.69) is 52.1 Å². The molecule has 0 aliphatic carbocycles. The van der Waals surface area contributed by atoms with Gasteiger partial charge in [-0.05, 0) is 42.7 Å². The Balaban J connectivity index is 1.58. The fourth-order valence-corrected chi connectivity index (χ4v) is 3.84. The summed E-state index contributed by atoms with van der Waals surface area (Å²) in [6.45, 7) is 6.39. The first-order valence-electron chi connectivity index (χ1n) is 8.19. The molecule has 1 atom stereocenters. The Bertz CT molecular complexity index is 637. The summed E-state index contributed by atoms with van der Waals surface area (Å²) in [5.74, 6) is 0. The van der Waals surface area contributed by atoms with Gasteiger partial charge >= 0.3 is 0 Å². The van der Waals surface area contributed by atoms with Gasteiger partial charge < -0.3 is 15.4 Å². The van der Waals surface area contributed by atoms with Crippen molar-refractivity contribution in [3.05, 3.63) is 52.2 Å². The van der Waals surface area contributed by atoms with Gasteiger partial charge in [0.2, 0.25) is 0 Å². The van der Waals surface area contributed by atoms with Gasteiger partial charge in [0.15, 0.2) is 5.11 Å². The van der Waals surface area contributed by atoms with E-state index in [0.717, 1.165) is 38.5 Å². The number of aryl methyl sites for hydroxylation is 1. The summed E-state index contributed by atoms with van der Waals surface area (Å²) in [6, 6.07) is 12.9. The predicted molar refractivity (Wildman–Crippen MR) is 105 cm³/mol. The van der Waals surface area contributed by atoms with E-state index in [1.807, 2.05) is 12.1 Å². The highest BCUT2D eigenvalue weighted by Crippen LogP contribution is 2.25. The third-order valence-corrected chi connectivity index (χ3v) is 5.34. The molecule has 1 aromatic heterocycles. The fraction of sp³-hybridized carbons (Fsp3) is 0.389. The van der Waals surface area contributed by atoms with Crippen molar-refractivity contribution in [3.63, 3.8) is 0 Å². The average molecular weight is 362 g/mol. The van der Waals surface area contributed by atoms with Gasteiger partial charge in [0.1, 0.15) is 0 Å². The Labute approximate surface area is 152 Å². The molecule has 0 spiro atoms. The van der Waals surface area contributed by atoms with Crippen molar-refractivity contribution in [2.45, 2.75) is 13.0 Å². The fourth-order valence-electron chi connectivity index (χ4n) is 2.78. The van der Waals surface area contributed by atoms with Crippen LogP contribution in [0.15, 0.2) is 41.8 Å². The van der Waals surface area contributed by atoms with Crippen LogP contribution in [0.25, 0.3) is 0 Å². The second-order valence-electron chi connectivity index (χ2n) is 5.88. The van der Waals surface area contributed by atoms with Crippen molar-refractivity contribution in [3.8, 4) is 0 Å². The van der Waals surface area contributed by atoms with Crippen LogP contribution >= 0.6 is 23.6 Å². The number of nitrogens with zero attached hydrogens (tertiary/aromatic N) is 1. The lowest BCUT2D eigenvalue weighted by Gasteiger charge is -2.34. The molecule has 0 bridgehead atoms. The van der Waals surface area contributed by atoms with Crippen LogP contribution < -0.4 is 10.6 Å². The van der Waals surface area contributed by atoms with E-state index < -0.39 is 0 Å². The molecule has 128 valence electrons. The van der Waals surface area contributed by atoms with E-state index in [9.17, 15) is 0 Å². The number of ether oxygens (including phenoxy) is 1. The number of anilines is 1. The minimum Gasteiger partial charge on any atom is -0.379 e. The number of benzene rings is 1. The van der Waals surface area contributed by atoms with Crippen molar-refractivity contribution in [1.29, 1.82) is 0 Å². The molecule has 0 radical (unpaired) electrons. The topological polar surface area (TPSA) is 36.5 Å². The molecule has 0 amide bonds. The van der Waals surface area contributed by atoms with E-state index in [1.54, 1.807) is 11.3 Å². The maximum atomic E-state index is 5.48. The van der Waals surface area contributed by atoms with Crippen molar-refractivity contribution in [1.82, 2.24) is 10.2 Å². The van der Waals surface area contributed by atoms with Crippen LogP contribution in [0.3, 0.4) is 0 Å². The quantitative estimate of drug-likeness (QED) is 0.798. The molecule has 1 aromatic carbocycles. The number of rotatable bonds is 5. The van der Waals surface area contributed by atoms with Crippen molar-refractivity contribution < 1.29 is 4.74 Å². The molecule has 1 saturated heterocycles. The zero-order chi connectivity index (χ0) is 16.8. The van der Waals surface area contributed by atoms with Crippen LogP contribution in [0.4, 0.5) is 5.69 Å². The Morgan fingerprint density at radius 3 is 2.67 bits per heavy atom. The van der Waals surface area contributed by atoms with Gasteiger partial charge in [0.25, 0.3) is 0 Å². The summed E-state index contributed by atoms with van der Waals surface area (Å²) in [6.07, 6.45) is 0. The SMILES string of the molecule is Cc1ccc(NC(=S)NC[C@@H](c2cccs2)N2CCOCC2)cc1. The minimum absolute atomic E-state index is 0.326. The highest BCUT2D eigenvalue weighted by Gasteiger charge is 2.23. The zero-order valence-corrected chi connectivity index (χ0v) is 15.5. The van der Waals surface area contributed by atoms with Gasteiger partial charge in [0, 0.05) is 30.2 Å². The van der Waals surface area contributed by atoms with Gasteiger partial charge in [-0.15, -0.1) is 11.3 Å². The number of thiocarbonyl (C=S) groups is 1. The van der Waals surface area contributed by atoms with Gasteiger partial charge in [-0.25, -0.2) is 0 Å². The van der Waals surface area contributed by atoms with Crippen LogP contribution in [0, 0.1) is 6.92 Å². The van der Waals surface area contributed by atoms with E-state index in [-0.39, 0.29) is 0 Å². The molecule has 2 N–H and O–H groups in total. The summed E-state index contributed by atoms with van der Waals surface area (Å²) in [5.41, 5.74) is 2.25. The first-order chi connectivity index (χ1) is 11.7. The van der Waals surface area contributed by atoms with E-state index in [4.69, 9.17) is 17.0 Å². The van der Waals surface area contributed by atoms with E-state index in [0.29, 0.717) is 11.2 Å². The molecule has 0 unspecified atom stereocenters. The summed E-state index contributed by atoms with van der Waals surface area (Å²) >= 11 is 7.25. The largest absolute Gasteiger partial charge is 0.379 e. The van der Waals surface area contributed by atoms with Crippen molar-refractivity contribution >= 4 is 34.4 Å². The summed E-state index contributed by atoms with van der Waals surface area (Å²) < 4.78 is 5.48. The van der Waals surface area contributed by atoms with Crippen LogP contribution in [0.2, 0.25) is 0 Å². The van der Waals surface area contributed by atoms with Crippen LogP contribution in [0.5, 0.6) is 0 Å². The smallest absolute Gasteiger partial charge is 0.170 e. The van der Waals surface area contributed by atoms with Gasteiger partial charge in [-0.1, -0.05) is 23.8 Å². The third kappa shape index (κ3) is 4.77. The first-order valence-corrected chi connectivity index (χ1v) is 9.48. The monoisotopic (exact) mass is 361 g/mol. The number of nitrogens with one attached hydrogen (secondary N) is 2. The van der Waals surface area contributed by atoms with Gasteiger partial charge in [-0.3, -0.25) is 4.90 Å². The lowest BCUT2D eigenvalue weighted by Crippen LogP contribution is -2.44. The van der Waals surface area contributed by atoms with Crippen LogP contribution in [-0.2, 0) is 4.74 Å². The number of thiophene rings is 1. The highest BCUT2D eigenvalue weighted by atomic mass is 32.1. The van der Waals surface area contributed by atoms with E-state index >= 15 is 0 Å². The molecular formula is C18H23N3OS2. The predicted octanol–water partition coefficient (Wildman–Crippen LogP) is 3.42. The van der Waals surface area contributed by atoms with Crippen molar-refractivity contribution in [2.24, 2.45) is 0 Å². The number of morpholine rings is 1. The standard InChI is InChI=1S/C18H23N3OS2/c1-14-4-6-15(7-5-14)20-18(23)19-13-16(17-3-2-12-24-17)21-8-10-22-11-9-21/h2-7,12,16H,8-11,13H2,1H3,(H2,19,20,23)/t16-/m0/s1. The molecule has 4 nitrogen and oxygen atoms in total. The molecule has 2 aromatic rings. The maximum Gasteiger partial charge on any atom is 0.170 e. The van der Waals surface area contributed by atoms with Gasteiger partial charge in [0.05, 0.1) is 19.3 Å². The minimum atomic E-state index is 0.326.